The third-order valence-corrected chi connectivity index (χ3v) is 4.42. The lowest BCUT2D eigenvalue weighted by Crippen LogP contribution is -2.40. The van der Waals surface area contributed by atoms with E-state index in [4.69, 9.17) is 4.74 Å². The molecule has 6 heteroatoms. The summed E-state index contributed by atoms with van der Waals surface area (Å²) in [7, 11) is 0. The van der Waals surface area contributed by atoms with Gasteiger partial charge in [-0.05, 0) is 49.7 Å². The van der Waals surface area contributed by atoms with E-state index >= 15 is 0 Å². The maximum absolute atomic E-state index is 13.2. The van der Waals surface area contributed by atoms with Crippen molar-refractivity contribution < 1.29 is 13.9 Å². The van der Waals surface area contributed by atoms with Crippen LogP contribution >= 0.6 is 0 Å². The molecule has 2 aromatic rings. The maximum Gasteiger partial charge on any atom is 0.225 e. The Balaban J connectivity index is 1.39. The van der Waals surface area contributed by atoms with Gasteiger partial charge in [0.1, 0.15) is 5.82 Å². The van der Waals surface area contributed by atoms with E-state index in [1.165, 1.54) is 12.1 Å². The van der Waals surface area contributed by atoms with Crippen LogP contribution in [0.5, 0.6) is 0 Å². The molecule has 0 radical (unpaired) electrons. The van der Waals surface area contributed by atoms with Gasteiger partial charge >= 0.3 is 0 Å². The number of anilines is 1. The van der Waals surface area contributed by atoms with Crippen molar-refractivity contribution in [3.05, 3.63) is 60.2 Å². The smallest absolute Gasteiger partial charge is 0.225 e. The molecule has 0 aliphatic carbocycles. The SMILES string of the molecule is O=C(CCN1CCC[C@@H](OCc2ccccn2)C1)Nc1cccc(F)c1. The van der Waals surface area contributed by atoms with Crippen LogP contribution in [0.3, 0.4) is 0 Å². The quantitative estimate of drug-likeness (QED) is 0.827. The molecule has 1 aliphatic heterocycles. The molecule has 138 valence electrons. The Labute approximate surface area is 153 Å². The number of carbonyl (C=O) groups excluding carboxylic acids is 1. The molecule has 26 heavy (non-hydrogen) atoms. The molecule has 0 bridgehead atoms. The average Bonchev–Trinajstić information content (AvgIpc) is 2.66. The Bertz CT molecular complexity index is 711. The highest BCUT2D eigenvalue weighted by atomic mass is 19.1. The Morgan fingerprint density at radius 3 is 3.04 bits per heavy atom. The highest BCUT2D eigenvalue weighted by Gasteiger charge is 2.21. The van der Waals surface area contributed by atoms with E-state index in [1.54, 1.807) is 18.3 Å². The molecular weight excluding hydrogens is 333 g/mol. The summed E-state index contributed by atoms with van der Waals surface area (Å²) < 4.78 is 19.1. The molecule has 2 heterocycles. The molecule has 3 rings (SSSR count). The van der Waals surface area contributed by atoms with Crippen molar-refractivity contribution in [3.8, 4) is 0 Å². The number of halogens is 1. The number of hydrogen-bond acceptors (Lipinski definition) is 4. The van der Waals surface area contributed by atoms with E-state index in [9.17, 15) is 9.18 Å². The number of nitrogens with zero attached hydrogens (tertiary/aromatic N) is 2. The number of ether oxygens (including phenoxy) is 1. The lowest BCUT2D eigenvalue weighted by atomic mass is 10.1. The molecule has 1 amide bonds. The van der Waals surface area contributed by atoms with Crippen molar-refractivity contribution in [1.29, 1.82) is 0 Å². The number of benzene rings is 1. The summed E-state index contributed by atoms with van der Waals surface area (Å²) in [5.74, 6) is -0.459. The Kier molecular flexibility index (Phi) is 6.68. The minimum Gasteiger partial charge on any atom is -0.371 e. The molecule has 1 saturated heterocycles. The largest absolute Gasteiger partial charge is 0.371 e. The van der Waals surface area contributed by atoms with Gasteiger partial charge in [0, 0.05) is 31.4 Å². The number of hydrogen-bond donors (Lipinski definition) is 1. The zero-order chi connectivity index (χ0) is 18.2. The Morgan fingerprint density at radius 1 is 1.31 bits per heavy atom. The second-order valence-electron chi connectivity index (χ2n) is 6.51. The Hall–Kier alpha value is -2.31. The second kappa shape index (κ2) is 9.40. The van der Waals surface area contributed by atoms with E-state index in [-0.39, 0.29) is 17.8 Å². The highest BCUT2D eigenvalue weighted by Crippen LogP contribution is 2.15. The predicted octanol–water partition coefficient (Wildman–Crippen LogP) is 3.23. The van der Waals surface area contributed by atoms with E-state index in [0.717, 1.165) is 31.6 Å². The molecule has 5 nitrogen and oxygen atoms in total. The Morgan fingerprint density at radius 2 is 2.23 bits per heavy atom. The number of aromatic nitrogens is 1. The molecule has 0 saturated carbocycles. The number of nitrogens with one attached hydrogen (secondary N) is 1. The van der Waals surface area contributed by atoms with Gasteiger partial charge in [0.25, 0.3) is 0 Å². The fraction of sp³-hybridized carbons (Fsp3) is 0.400. The zero-order valence-electron chi connectivity index (χ0n) is 14.7. The third-order valence-electron chi connectivity index (χ3n) is 4.42. The molecule has 0 spiro atoms. The number of pyridine rings is 1. The number of likely N-dealkylation sites (tertiary alicyclic amines) is 1. The zero-order valence-corrected chi connectivity index (χ0v) is 14.7. The van der Waals surface area contributed by atoms with Gasteiger partial charge in [-0.3, -0.25) is 9.78 Å². The first-order valence-electron chi connectivity index (χ1n) is 8.98. The monoisotopic (exact) mass is 357 g/mol. The molecule has 0 unspecified atom stereocenters. The van der Waals surface area contributed by atoms with Crippen molar-refractivity contribution >= 4 is 11.6 Å². The van der Waals surface area contributed by atoms with Gasteiger partial charge in [-0.1, -0.05) is 12.1 Å². The summed E-state index contributed by atoms with van der Waals surface area (Å²) in [6, 6.07) is 11.7. The van der Waals surface area contributed by atoms with Crippen LogP contribution < -0.4 is 5.32 Å². The van der Waals surface area contributed by atoms with Crippen LogP contribution in [0.4, 0.5) is 10.1 Å². The molecule has 1 atom stereocenters. The molecule has 1 fully saturated rings. The number of carbonyl (C=O) groups is 1. The summed E-state index contributed by atoms with van der Waals surface area (Å²) in [4.78, 5) is 18.6. The van der Waals surface area contributed by atoms with Crippen LogP contribution in [-0.2, 0) is 16.1 Å². The lowest BCUT2D eigenvalue weighted by molar-refractivity contribution is -0.116. The fourth-order valence-corrected chi connectivity index (χ4v) is 3.09. The number of piperidine rings is 1. The summed E-state index contributed by atoms with van der Waals surface area (Å²) in [5, 5.41) is 2.74. The van der Waals surface area contributed by atoms with Crippen molar-refractivity contribution in [2.45, 2.75) is 32.0 Å². The van der Waals surface area contributed by atoms with E-state index in [1.807, 2.05) is 18.2 Å². The van der Waals surface area contributed by atoms with Crippen molar-refractivity contribution in [3.63, 3.8) is 0 Å². The predicted molar refractivity (Wildman–Crippen MR) is 98.1 cm³/mol. The third kappa shape index (κ3) is 5.89. The summed E-state index contributed by atoms with van der Waals surface area (Å²) >= 11 is 0. The number of amides is 1. The van der Waals surface area contributed by atoms with Gasteiger partial charge in [-0.15, -0.1) is 0 Å². The van der Waals surface area contributed by atoms with E-state index < -0.39 is 0 Å². The van der Waals surface area contributed by atoms with Crippen LogP contribution in [0.25, 0.3) is 0 Å². The fourth-order valence-electron chi connectivity index (χ4n) is 3.09. The second-order valence-corrected chi connectivity index (χ2v) is 6.51. The summed E-state index contributed by atoms with van der Waals surface area (Å²) in [5.41, 5.74) is 1.42. The first kappa shape index (κ1) is 18.5. The summed E-state index contributed by atoms with van der Waals surface area (Å²) in [6.45, 7) is 2.97. The lowest BCUT2D eigenvalue weighted by Gasteiger charge is -2.32. The number of rotatable bonds is 7. The average molecular weight is 357 g/mol. The normalized spacial score (nSPS) is 17.8. The van der Waals surface area contributed by atoms with Gasteiger partial charge in [0.2, 0.25) is 5.91 Å². The molecular formula is C20H24FN3O2. The molecule has 1 aromatic carbocycles. The molecule has 1 aromatic heterocycles. The van der Waals surface area contributed by atoms with Gasteiger partial charge in [-0.25, -0.2) is 4.39 Å². The molecule has 1 N–H and O–H groups in total. The van der Waals surface area contributed by atoms with E-state index in [2.05, 4.69) is 15.2 Å². The highest BCUT2D eigenvalue weighted by molar-refractivity contribution is 5.90. The van der Waals surface area contributed by atoms with Gasteiger partial charge in [0.05, 0.1) is 18.4 Å². The van der Waals surface area contributed by atoms with Crippen LogP contribution in [0.1, 0.15) is 25.0 Å². The standard InChI is InChI=1S/C20H24FN3O2/c21-16-5-3-7-17(13-16)23-20(25)9-12-24-11-4-8-19(14-24)26-15-18-6-1-2-10-22-18/h1-3,5-7,10,13,19H,4,8-9,11-12,14-15H2,(H,23,25)/t19-/m1/s1. The molecule has 1 aliphatic rings. The maximum atomic E-state index is 13.2. The first-order valence-corrected chi connectivity index (χ1v) is 8.98. The van der Waals surface area contributed by atoms with Crippen LogP contribution in [0.2, 0.25) is 0 Å². The van der Waals surface area contributed by atoms with Gasteiger partial charge in [0.15, 0.2) is 0 Å². The van der Waals surface area contributed by atoms with Crippen LogP contribution in [-0.4, -0.2) is 41.5 Å². The van der Waals surface area contributed by atoms with Crippen molar-refractivity contribution in [1.82, 2.24) is 9.88 Å². The minimum absolute atomic E-state index is 0.105. The first-order chi connectivity index (χ1) is 12.7. The van der Waals surface area contributed by atoms with Gasteiger partial charge < -0.3 is 15.0 Å². The minimum atomic E-state index is -0.355. The van der Waals surface area contributed by atoms with Gasteiger partial charge in [-0.2, -0.15) is 0 Å². The topological polar surface area (TPSA) is 54.5 Å². The van der Waals surface area contributed by atoms with Crippen LogP contribution in [0, 0.1) is 5.82 Å². The van der Waals surface area contributed by atoms with E-state index in [0.29, 0.717) is 25.3 Å². The van der Waals surface area contributed by atoms with Crippen LogP contribution in [0.15, 0.2) is 48.7 Å². The van der Waals surface area contributed by atoms with Crippen molar-refractivity contribution in [2.75, 3.05) is 25.0 Å². The van der Waals surface area contributed by atoms with Crippen molar-refractivity contribution in [2.24, 2.45) is 0 Å². The summed E-state index contributed by atoms with van der Waals surface area (Å²) in [6.07, 6.45) is 4.39.